The Bertz CT molecular complexity index is 751. The van der Waals surface area contributed by atoms with Crippen LogP contribution in [0.3, 0.4) is 0 Å². The van der Waals surface area contributed by atoms with Crippen molar-refractivity contribution in [1.82, 2.24) is 0 Å². The van der Waals surface area contributed by atoms with Crippen LogP contribution < -0.4 is 10.6 Å². The van der Waals surface area contributed by atoms with E-state index in [9.17, 15) is 4.79 Å². The molecule has 2 aliphatic rings. The molecule has 3 nitrogen and oxygen atoms in total. The molecule has 4 rings (SSSR count). The van der Waals surface area contributed by atoms with Crippen LogP contribution in [0, 0.1) is 0 Å². The SMILES string of the molecule is Nc1cccc2c1CCCN2C(=O)c1ccc2c(c1)CCC2. The van der Waals surface area contributed by atoms with Crippen LogP contribution in [-0.2, 0) is 19.3 Å². The summed E-state index contributed by atoms with van der Waals surface area (Å²) >= 11 is 0. The van der Waals surface area contributed by atoms with Gasteiger partial charge in [0.1, 0.15) is 0 Å². The predicted molar refractivity (Wildman–Crippen MR) is 89.3 cm³/mol. The number of anilines is 2. The van der Waals surface area contributed by atoms with Crippen molar-refractivity contribution in [2.75, 3.05) is 17.2 Å². The van der Waals surface area contributed by atoms with Crippen molar-refractivity contribution >= 4 is 17.3 Å². The van der Waals surface area contributed by atoms with Crippen molar-refractivity contribution in [3.8, 4) is 0 Å². The van der Waals surface area contributed by atoms with Gasteiger partial charge in [-0.05, 0) is 73.1 Å². The number of hydrogen-bond donors (Lipinski definition) is 1. The maximum atomic E-state index is 13.0. The summed E-state index contributed by atoms with van der Waals surface area (Å²) in [5.74, 6) is 0.0984. The number of nitrogens with two attached hydrogens (primary N) is 1. The number of hydrogen-bond acceptors (Lipinski definition) is 2. The van der Waals surface area contributed by atoms with Crippen LogP contribution in [0.1, 0.15) is 39.9 Å². The van der Waals surface area contributed by atoms with E-state index in [-0.39, 0.29) is 5.91 Å². The molecular formula is C19H20N2O. The minimum Gasteiger partial charge on any atom is -0.398 e. The second-order valence-corrected chi connectivity index (χ2v) is 6.24. The van der Waals surface area contributed by atoms with E-state index >= 15 is 0 Å². The van der Waals surface area contributed by atoms with Gasteiger partial charge in [-0.15, -0.1) is 0 Å². The van der Waals surface area contributed by atoms with Crippen LogP contribution >= 0.6 is 0 Å². The van der Waals surface area contributed by atoms with E-state index in [1.54, 1.807) is 0 Å². The maximum Gasteiger partial charge on any atom is 0.258 e. The van der Waals surface area contributed by atoms with Crippen molar-refractivity contribution in [1.29, 1.82) is 0 Å². The van der Waals surface area contributed by atoms with Gasteiger partial charge in [0.05, 0.1) is 0 Å². The first kappa shape index (κ1) is 13.4. The average Bonchev–Trinajstić information content (AvgIpc) is 3.01. The smallest absolute Gasteiger partial charge is 0.258 e. The number of aryl methyl sites for hydroxylation is 2. The Morgan fingerprint density at radius 2 is 1.86 bits per heavy atom. The summed E-state index contributed by atoms with van der Waals surface area (Å²) in [7, 11) is 0. The van der Waals surface area contributed by atoms with E-state index in [4.69, 9.17) is 5.73 Å². The molecular weight excluding hydrogens is 272 g/mol. The fourth-order valence-electron chi connectivity index (χ4n) is 3.72. The molecule has 2 N–H and O–H groups in total. The Morgan fingerprint density at radius 1 is 1.00 bits per heavy atom. The second-order valence-electron chi connectivity index (χ2n) is 6.24. The summed E-state index contributed by atoms with van der Waals surface area (Å²) in [6.07, 6.45) is 5.37. The highest BCUT2D eigenvalue weighted by Crippen LogP contribution is 2.32. The molecule has 1 heterocycles. The number of carbonyl (C=O) groups excluding carboxylic acids is 1. The monoisotopic (exact) mass is 292 g/mol. The standard InChI is InChI=1S/C19H20N2O/c20-17-7-2-8-18-16(17)6-3-11-21(18)19(22)15-10-9-13-4-1-5-14(13)12-15/h2,7-10,12H,1,3-6,11,20H2. The molecule has 1 aliphatic heterocycles. The third kappa shape index (κ3) is 2.08. The number of benzene rings is 2. The number of carbonyl (C=O) groups is 1. The molecule has 2 aromatic carbocycles. The number of amides is 1. The first-order valence-electron chi connectivity index (χ1n) is 8.05. The van der Waals surface area contributed by atoms with E-state index in [0.717, 1.165) is 54.7 Å². The van der Waals surface area contributed by atoms with Crippen molar-refractivity contribution in [3.63, 3.8) is 0 Å². The van der Waals surface area contributed by atoms with Crippen LogP contribution in [0.4, 0.5) is 11.4 Å². The molecule has 0 radical (unpaired) electrons. The lowest BCUT2D eigenvalue weighted by atomic mass is 9.98. The van der Waals surface area contributed by atoms with Gasteiger partial charge in [0.15, 0.2) is 0 Å². The molecule has 0 aromatic heterocycles. The van der Waals surface area contributed by atoms with Gasteiger partial charge in [-0.3, -0.25) is 4.79 Å². The number of nitrogens with zero attached hydrogens (tertiary/aromatic N) is 1. The third-order valence-electron chi connectivity index (χ3n) is 4.88. The average molecular weight is 292 g/mol. The van der Waals surface area contributed by atoms with Gasteiger partial charge in [0.25, 0.3) is 5.91 Å². The highest BCUT2D eigenvalue weighted by atomic mass is 16.2. The Balaban J connectivity index is 1.71. The largest absolute Gasteiger partial charge is 0.398 e. The molecule has 1 amide bonds. The van der Waals surface area contributed by atoms with Gasteiger partial charge in [0.2, 0.25) is 0 Å². The first-order chi connectivity index (χ1) is 10.7. The second kappa shape index (κ2) is 5.16. The molecule has 0 bridgehead atoms. The van der Waals surface area contributed by atoms with Crippen LogP contribution in [0.2, 0.25) is 0 Å². The van der Waals surface area contributed by atoms with Gasteiger partial charge < -0.3 is 10.6 Å². The zero-order chi connectivity index (χ0) is 15.1. The Labute approximate surface area is 130 Å². The lowest BCUT2D eigenvalue weighted by Gasteiger charge is -2.30. The Kier molecular flexibility index (Phi) is 3.14. The van der Waals surface area contributed by atoms with E-state index < -0.39 is 0 Å². The molecule has 0 fully saturated rings. The molecule has 0 atom stereocenters. The van der Waals surface area contributed by atoms with Crippen molar-refractivity contribution < 1.29 is 4.79 Å². The van der Waals surface area contributed by atoms with E-state index in [2.05, 4.69) is 12.1 Å². The molecule has 0 unspecified atom stereocenters. The minimum absolute atomic E-state index is 0.0984. The van der Waals surface area contributed by atoms with Gasteiger partial charge in [-0.2, -0.15) is 0 Å². The quantitative estimate of drug-likeness (QED) is 0.819. The maximum absolute atomic E-state index is 13.0. The van der Waals surface area contributed by atoms with E-state index in [1.165, 1.54) is 17.5 Å². The zero-order valence-electron chi connectivity index (χ0n) is 12.6. The topological polar surface area (TPSA) is 46.3 Å². The summed E-state index contributed by atoms with van der Waals surface area (Å²) in [5, 5.41) is 0. The predicted octanol–water partition coefficient (Wildman–Crippen LogP) is 3.35. The van der Waals surface area contributed by atoms with Gasteiger partial charge in [-0.25, -0.2) is 0 Å². The number of fused-ring (bicyclic) bond motifs is 2. The molecule has 3 heteroatoms. The van der Waals surface area contributed by atoms with Crippen molar-refractivity contribution in [2.24, 2.45) is 0 Å². The Morgan fingerprint density at radius 3 is 2.77 bits per heavy atom. The van der Waals surface area contributed by atoms with Crippen LogP contribution in [0.5, 0.6) is 0 Å². The fraction of sp³-hybridized carbons (Fsp3) is 0.316. The Hall–Kier alpha value is -2.29. The highest BCUT2D eigenvalue weighted by Gasteiger charge is 2.25. The number of rotatable bonds is 1. The molecule has 0 saturated carbocycles. The normalized spacial score (nSPS) is 16.3. The summed E-state index contributed by atoms with van der Waals surface area (Å²) in [6, 6.07) is 12.1. The first-order valence-corrected chi connectivity index (χ1v) is 8.05. The molecule has 2 aromatic rings. The zero-order valence-corrected chi connectivity index (χ0v) is 12.6. The summed E-state index contributed by atoms with van der Waals surface area (Å²) < 4.78 is 0. The minimum atomic E-state index is 0.0984. The van der Waals surface area contributed by atoms with Crippen LogP contribution in [-0.4, -0.2) is 12.5 Å². The summed E-state index contributed by atoms with van der Waals surface area (Å²) in [4.78, 5) is 14.9. The van der Waals surface area contributed by atoms with Crippen molar-refractivity contribution in [3.05, 3.63) is 58.7 Å². The lowest BCUT2D eigenvalue weighted by Crippen LogP contribution is -2.35. The van der Waals surface area contributed by atoms with Gasteiger partial charge in [-0.1, -0.05) is 12.1 Å². The van der Waals surface area contributed by atoms with E-state index in [0.29, 0.717) is 0 Å². The molecule has 1 aliphatic carbocycles. The molecule has 22 heavy (non-hydrogen) atoms. The van der Waals surface area contributed by atoms with Crippen LogP contribution in [0.25, 0.3) is 0 Å². The third-order valence-corrected chi connectivity index (χ3v) is 4.88. The van der Waals surface area contributed by atoms with Gasteiger partial charge in [0, 0.05) is 23.5 Å². The lowest BCUT2D eigenvalue weighted by molar-refractivity contribution is 0.0985. The highest BCUT2D eigenvalue weighted by molar-refractivity contribution is 6.07. The summed E-state index contributed by atoms with van der Waals surface area (Å²) in [5.41, 5.74) is 12.5. The molecule has 112 valence electrons. The van der Waals surface area contributed by atoms with Crippen LogP contribution in [0.15, 0.2) is 36.4 Å². The van der Waals surface area contributed by atoms with Crippen molar-refractivity contribution in [2.45, 2.75) is 32.1 Å². The van der Waals surface area contributed by atoms with E-state index in [1.807, 2.05) is 29.2 Å². The molecule has 0 saturated heterocycles. The van der Waals surface area contributed by atoms with Gasteiger partial charge >= 0.3 is 0 Å². The fourth-order valence-corrected chi connectivity index (χ4v) is 3.72. The summed E-state index contributed by atoms with van der Waals surface area (Å²) in [6.45, 7) is 0.770. The number of nitrogen functional groups attached to an aromatic ring is 1. The molecule has 0 spiro atoms.